The zero-order valence-corrected chi connectivity index (χ0v) is 14.3. The summed E-state index contributed by atoms with van der Waals surface area (Å²) < 4.78 is 18.8. The number of benzene rings is 2. The van der Waals surface area contributed by atoms with Gasteiger partial charge in [0.15, 0.2) is 5.76 Å². The summed E-state index contributed by atoms with van der Waals surface area (Å²) in [5, 5.41) is 0. The molecule has 1 fully saturated rings. The molecule has 0 aliphatic carbocycles. The summed E-state index contributed by atoms with van der Waals surface area (Å²) in [6.45, 7) is 2.64. The van der Waals surface area contributed by atoms with E-state index in [1.54, 1.807) is 23.1 Å². The molecule has 0 bridgehead atoms. The molecule has 0 unspecified atom stereocenters. The Morgan fingerprint density at radius 3 is 2.23 bits per heavy atom. The van der Waals surface area contributed by atoms with E-state index >= 15 is 0 Å². The van der Waals surface area contributed by atoms with E-state index in [9.17, 15) is 9.18 Å². The number of carbonyl (C=O) groups excluding carboxylic acids is 1. The van der Waals surface area contributed by atoms with Crippen LogP contribution in [0.4, 0.5) is 10.1 Å². The van der Waals surface area contributed by atoms with E-state index in [4.69, 9.17) is 4.42 Å². The number of furan rings is 1. The maximum atomic E-state index is 13.1. The molecule has 2 heterocycles. The van der Waals surface area contributed by atoms with E-state index in [2.05, 4.69) is 4.90 Å². The topological polar surface area (TPSA) is 36.7 Å². The third kappa shape index (κ3) is 3.33. The number of nitrogens with zero attached hydrogens (tertiary/aromatic N) is 2. The highest BCUT2D eigenvalue weighted by atomic mass is 19.1. The number of carbonyl (C=O) groups is 1. The zero-order chi connectivity index (χ0) is 17.9. The molecular weight excluding hydrogens is 331 g/mol. The first-order chi connectivity index (χ1) is 12.7. The second-order valence-corrected chi connectivity index (χ2v) is 6.29. The molecular formula is C21H19FN2O2. The molecule has 1 aliphatic rings. The van der Waals surface area contributed by atoms with Gasteiger partial charge in [-0.2, -0.15) is 0 Å². The predicted octanol–water partition coefficient (Wildman–Crippen LogP) is 4.05. The fraction of sp³-hybridized carbons (Fsp3) is 0.190. The molecule has 0 atom stereocenters. The number of amides is 1. The summed E-state index contributed by atoms with van der Waals surface area (Å²) in [5.74, 6) is 0.721. The SMILES string of the molecule is O=C(c1ccc(-c2ccccc2)o1)N1CCN(c2ccc(F)cc2)CC1. The van der Waals surface area contributed by atoms with Gasteiger partial charge < -0.3 is 14.2 Å². The van der Waals surface area contributed by atoms with Crippen molar-refractivity contribution in [3.05, 3.63) is 78.3 Å². The number of hydrogen-bond donors (Lipinski definition) is 0. The van der Waals surface area contributed by atoms with Gasteiger partial charge in [-0.3, -0.25) is 4.79 Å². The van der Waals surface area contributed by atoms with Gasteiger partial charge in [-0.15, -0.1) is 0 Å². The molecule has 2 aromatic carbocycles. The first kappa shape index (κ1) is 16.4. The molecule has 4 rings (SSSR count). The summed E-state index contributed by atoms with van der Waals surface area (Å²) >= 11 is 0. The standard InChI is InChI=1S/C21H19FN2O2/c22-17-6-8-18(9-7-17)23-12-14-24(15-13-23)21(25)20-11-10-19(26-20)16-4-2-1-3-5-16/h1-11H,12-15H2. The summed E-state index contributed by atoms with van der Waals surface area (Å²) in [5.41, 5.74) is 1.93. The Bertz CT molecular complexity index is 882. The first-order valence-electron chi connectivity index (χ1n) is 8.66. The minimum atomic E-state index is -0.241. The van der Waals surface area contributed by atoms with Gasteiger partial charge in [-0.1, -0.05) is 30.3 Å². The third-order valence-electron chi connectivity index (χ3n) is 4.63. The molecule has 3 aromatic rings. The Hall–Kier alpha value is -3.08. The monoisotopic (exact) mass is 350 g/mol. The molecule has 4 nitrogen and oxygen atoms in total. The average molecular weight is 350 g/mol. The molecule has 0 N–H and O–H groups in total. The number of piperazine rings is 1. The summed E-state index contributed by atoms with van der Waals surface area (Å²) in [6, 6.07) is 19.7. The lowest BCUT2D eigenvalue weighted by Crippen LogP contribution is -2.48. The molecule has 1 aliphatic heterocycles. The quantitative estimate of drug-likeness (QED) is 0.715. The van der Waals surface area contributed by atoms with Gasteiger partial charge in [0.25, 0.3) is 5.91 Å². The highest BCUT2D eigenvalue weighted by molar-refractivity contribution is 5.92. The molecule has 0 spiro atoms. The Balaban J connectivity index is 1.41. The molecule has 0 radical (unpaired) electrons. The Labute approximate surface area is 151 Å². The molecule has 1 saturated heterocycles. The minimum Gasteiger partial charge on any atom is -0.451 e. The normalized spacial score (nSPS) is 14.5. The molecule has 1 amide bonds. The van der Waals surface area contributed by atoms with E-state index in [-0.39, 0.29) is 11.7 Å². The predicted molar refractivity (Wildman–Crippen MR) is 98.7 cm³/mol. The third-order valence-corrected chi connectivity index (χ3v) is 4.63. The van der Waals surface area contributed by atoms with Gasteiger partial charge in [0, 0.05) is 37.4 Å². The number of halogens is 1. The van der Waals surface area contributed by atoms with Gasteiger partial charge in [0.2, 0.25) is 0 Å². The number of rotatable bonds is 3. The van der Waals surface area contributed by atoms with Crippen molar-refractivity contribution in [1.82, 2.24) is 4.90 Å². The smallest absolute Gasteiger partial charge is 0.289 e. The second-order valence-electron chi connectivity index (χ2n) is 6.29. The van der Waals surface area contributed by atoms with Crippen LogP contribution < -0.4 is 4.90 Å². The van der Waals surface area contributed by atoms with Crippen molar-refractivity contribution in [3.63, 3.8) is 0 Å². The maximum absolute atomic E-state index is 13.1. The van der Waals surface area contributed by atoms with Crippen molar-refractivity contribution in [1.29, 1.82) is 0 Å². The summed E-state index contributed by atoms with van der Waals surface area (Å²) in [4.78, 5) is 16.6. The fourth-order valence-corrected chi connectivity index (χ4v) is 3.19. The highest BCUT2D eigenvalue weighted by Crippen LogP contribution is 2.23. The Morgan fingerprint density at radius 2 is 1.54 bits per heavy atom. The van der Waals surface area contributed by atoms with Gasteiger partial charge in [-0.05, 0) is 36.4 Å². The minimum absolute atomic E-state index is 0.0917. The van der Waals surface area contributed by atoms with Gasteiger partial charge in [-0.25, -0.2) is 4.39 Å². The highest BCUT2D eigenvalue weighted by Gasteiger charge is 2.24. The van der Waals surface area contributed by atoms with Gasteiger partial charge >= 0.3 is 0 Å². The van der Waals surface area contributed by atoms with Crippen molar-refractivity contribution in [2.45, 2.75) is 0 Å². The van der Waals surface area contributed by atoms with E-state index < -0.39 is 0 Å². The van der Waals surface area contributed by atoms with Crippen molar-refractivity contribution in [3.8, 4) is 11.3 Å². The van der Waals surface area contributed by atoms with Gasteiger partial charge in [0.1, 0.15) is 11.6 Å². The van der Waals surface area contributed by atoms with Crippen LogP contribution in [0.5, 0.6) is 0 Å². The maximum Gasteiger partial charge on any atom is 0.289 e. The Kier molecular flexibility index (Phi) is 4.44. The second kappa shape index (κ2) is 7.04. The lowest BCUT2D eigenvalue weighted by Gasteiger charge is -2.35. The van der Waals surface area contributed by atoms with Crippen LogP contribution >= 0.6 is 0 Å². The largest absolute Gasteiger partial charge is 0.451 e. The van der Waals surface area contributed by atoms with Crippen molar-refractivity contribution < 1.29 is 13.6 Å². The van der Waals surface area contributed by atoms with Crippen LogP contribution in [0, 0.1) is 5.82 Å². The summed E-state index contributed by atoms with van der Waals surface area (Å²) in [7, 11) is 0. The van der Waals surface area contributed by atoms with Crippen LogP contribution in [0.3, 0.4) is 0 Å². The van der Waals surface area contributed by atoms with Crippen molar-refractivity contribution in [2.75, 3.05) is 31.1 Å². The number of hydrogen-bond acceptors (Lipinski definition) is 3. The van der Waals surface area contributed by atoms with Crippen LogP contribution in [-0.2, 0) is 0 Å². The lowest BCUT2D eigenvalue weighted by molar-refractivity contribution is 0.0715. The van der Waals surface area contributed by atoms with Crippen LogP contribution in [0.2, 0.25) is 0 Å². The van der Waals surface area contributed by atoms with Crippen molar-refractivity contribution >= 4 is 11.6 Å². The molecule has 5 heteroatoms. The van der Waals surface area contributed by atoms with E-state index in [1.807, 2.05) is 36.4 Å². The summed E-state index contributed by atoms with van der Waals surface area (Å²) in [6.07, 6.45) is 0. The molecule has 1 aromatic heterocycles. The number of anilines is 1. The first-order valence-corrected chi connectivity index (χ1v) is 8.66. The average Bonchev–Trinajstić information content (AvgIpc) is 3.19. The zero-order valence-electron chi connectivity index (χ0n) is 14.3. The van der Waals surface area contributed by atoms with Crippen molar-refractivity contribution in [2.24, 2.45) is 0 Å². The molecule has 0 saturated carbocycles. The lowest BCUT2D eigenvalue weighted by atomic mass is 10.2. The van der Waals surface area contributed by atoms with Crippen LogP contribution in [0.25, 0.3) is 11.3 Å². The van der Waals surface area contributed by atoms with Crippen LogP contribution in [-0.4, -0.2) is 37.0 Å². The Morgan fingerprint density at radius 1 is 0.846 bits per heavy atom. The fourth-order valence-electron chi connectivity index (χ4n) is 3.19. The molecule has 26 heavy (non-hydrogen) atoms. The van der Waals surface area contributed by atoms with Gasteiger partial charge in [0.05, 0.1) is 0 Å². The van der Waals surface area contributed by atoms with E-state index in [1.165, 1.54) is 12.1 Å². The molecule has 132 valence electrons. The van der Waals surface area contributed by atoms with Crippen LogP contribution in [0.1, 0.15) is 10.6 Å². The van der Waals surface area contributed by atoms with E-state index in [0.29, 0.717) is 37.7 Å². The van der Waals surface area contributed by atoms with E-state index in [0.717, 1.165) is 11.3 Å². The van der Waals surface area contributed by atoms with Crippen LogP contribution in [0.15, 0.2) is 71.1 Å².